The smallest absolute Gasteiger partial charge is 0.259 e. The molecule has 1 aromatic heterocycles. The quantitative estimate of drug-likeness (QED) is 0.757. The van der Waals surface area contributed by atoms with Gasteiger partial charge in [0, 0.05) is 30.8 Å². The minimum Gasteiger partial charge on any atom is -0.472 e. The van der Waals surface area contributed by atoms with Crippen LogP contribution < -0.4 is 4.74 Å². The Hall–Kier alpha value is -2.44. The van der Waals surface area contributed by atoms with Crippen LogP contribution >= 0.6 is 0 Å². The molecule has 1 aliphatic rings. The monoisotopic (exact) mass is 411 g/mol. The van der Waals surface area contributed by atoms with Gasteiger partial charge in [0.25, 0.3) is 5.91 Å². The molecule has 0 spiro atoms. The van der Waals surface area contributed by atoms with Crippen molar-refractivity contribution in [3.8, 4) is 17.0 Å². The Balaban J connectivity index is 2.01. The van der Waals surface area contributed by atoms with Gasteiger partial charge < -0.3 is 19.6 Å². The Morgan fingerprint density at radius 3 is 2.70 bits per heavy atom. The molecule has 3 atom stereocenters. The van der Waals surface area contributed by atoms with Gasteiger partial charge >= 0.3 is 0 Å². The van der Waals surface area contributed by atoms with Crippen LogP contribution in [0.15, 0.2) is 42.6 Å². The van der Waals surface area contributed by atoms with Crippen LogP contribution in [-0.4, -0.2) is 71.2 Å². The van der Waals surface area contributed by atoms with Gasteiger partial charge in [-0.25, -0.2) is 4.98 Å². The van der Waals surface area contributed by atoms with Gasteiger partial charge in [-0.3, -0.25) is 4.79 Å². The second-order valence-corrected chi connectivity index (χ2v) is 8.33. The lowest BCUT2D eigenvalue weighted by molar-refractivity contribution is 0.0331. The average molecular weight is 412 g/mol. The van der Waals surface area contributed by atoms with E-state index in [9.17, 15) is 9.90 Å². The van der Waals surface area contributed by atoms with E-state index in [4.69, 9.17) is 4.74 Å². The number of benzene rings is 1. The predicted octanol–water partition coefficient (Wildman–Crippen LogP) is 3.31. The van der Waals surface area contributed by atoms with E-state index < -0.39 is 0 Å². The lowest BCUT2D eigenvalue weighted by Crippen LogP contribution is -2.50. The highest BCUT2D eigenvalue weighted by Crippen LogP contribution is 2.30. The highest BCUT2D eigenvalue weighted by molar-refractivity contribution is 5.98. The summed E-state index contributed by atoms with van der Waals surface area (Å²) in [6.07, 6.45) is 2.73. The maximum atomic E-state index is 13.4. The molecular formula is C24H33N3O3. The second-order valence-electron chi connectivity index (χ2n) is 8.33. The summed E-state index contributed by atoms with van der Waals surface area (Å²) in [7, 11) is 2.09. The van der Waals surface area contributed by atoms with E-state index in [1.54, 1.807) is 11.1 Å². The number of likely N-dealkylation sites (N-methyl/N-ethyl adjacent to an activating group) is 1. The number of rotatable bonds is 7. The van der Waals surface area contributed by atoms with Crippen molar-refractivity contribution in [1.82, 2.24) is 14.8 Å². The Kier molecular flexibility index (Phi) is 7.45. The van der Waals surface area contributed by atoms with Gasteiger partial charge in [0.2, 0.25) is 5.88 Å². The molecule has 0 saturated heterocycles. The molecule has 0 bridgehead atoms. The number of carbonyl (C=O) groups excluding carboxylic acids is 1. The van der Waals surface area contributed by atoms with Crippen molar-refractivity contribution in [2.75, 3.05) is 33.3 Å². The molecule has 1 aromatic carbocycles. The summed E-state index contributed by atoms with van der Waals surface area (Å²) >= 11 is 0. The number of nitrogens with zero attached hydrogens (tertiary/aromatic N) is 3. The van der Waals surface area contributed by atoms with Crippen LogP contribution in [0.25, 0.3) is 11.1 Å². The van der Waals surface area contributed by atoms with E-state index >= 15 is 0 Å². The average Bonchev–Trinajstić information content (AvgIpc) is 2.76. The van der Waals surface area contributed by atoms with E-state index in [1.165, 1.54) is 0 Å². The highest BCUT2D eigenvalue weighted by Gasteiger charge is 2.34. The molecule has 6 nitrogen and oxygen atoms in total. The molecule has 30 heavy (non-hydrogen) atoms. The number of carbonyl (C=O) groups is 1. The highest BCUT2D eigenvalue weighted by atomic mass is 16.5. The standard InChI is InChI=1S/C24H33N3O3/c1-5-11-26(4)15-22-17(2)14-27(18(3)16-28)24(29)21-12-20(13-25-23(21)30-22)19-9-7-6-8-10-19/h6-10,12-13,17-18,22,28H,5,11,14-16H2,1-4H3/t17-,18-,22+/m1/s1. The number of amides is 1. The molecule has 6 heteroatoms. The van der Waals surface area contributed by atoms with Gasteiger partial charge in [0.05, 0.1) is 12.6 Å². The second kappa shape index (κ2) is 10.0. The van der Waals surface area contributed by atoms with E-state index in [1.807, 2.05) is 43.3 Å². The Bertz CT molecular complexity index is 843. The van der Waals surface area contributed by atoms with Crippen LogP contribution in [0.5, 0.6) is 5.88 Å². The third kappa shape index (κ3) is 4.99. The van der Waals surface area contributed by atoms with Crippen LogP contribution in [-0.2, 0) is 0 Å². The first-order valence-electron chi connectivity index (χ1n) is 10.8. The third-order valence-corrected chi connectivity index (χ3v) is 5.73. The fourth-order valence-corrected chi connectivity index (χ4v) is 3.89. The van der Waals surface area contributed by atoms with Gasteiger partial charge in [-0.15, -0.1) is 0 Å². The van der Waals surface area contributed by atoms with Crippen LogP contribution in [0.3, 0.4) is 0 Å². The molecule has 0 fully saturated rings. The summed E-state index contributed by atoms with van der Waals surface area (Å²) in [5, 5.41) is 9.77. The predicted molar refractivity (Wildman–Crippen MR) is 119 cm³/mol. The van der Waals surface area contributed by atoms with Gasteiger partial charge in [0.1, 0.15) is 11.7 Å². The van der Waals surface area contributed by atoms with Crippen molar-refractivity contribution in [2.24, 2.45) is 5.92 Å². The molecule has 2 aromatic rings. The molecule has 1 amide bonds. The summed E-state index contributed by atoms with van der Waals surface area (Å²) in [6, 6.07) is 11.5. The van der Waals surface area contributed by atoms with Crippen LogP contribution in [0, 0.1) is 5.92 Å². The lowest BCUT2D eigenvalue weighted by Gasteiger charge is -2.37. The van der Waals surface area contributed by atoms with Crippen molar-refractivity contribution in [3.05, 3.63) is 48.2 Å². The largest absolute Gasteiger partial charge is 0.472 e. The zero-order valence-corrected chi connectivity index (χ0v) is 18.4. The van der Waals surface area contributed by atoms with Gasteiger partial charge in [-0.1, -0.05) is 44.2 Å². The SMILES string of the molecule is CCCN(C)C[C@@H]1Oc2ncc(-c3ccccc3)cc2C(=O)N([C@H](C)CO)C[C@H]1C. The number of aromatic nitrogens is 1. The van der Waals surface area contributed by atoms with Gasteiger partial charge in [-0.2, -0.15) is 0 Å². The van der Waals surface area contributed by atoms with Crippen molar-refractivity contribution >= 4 is 5.91 Å². The van der Waals surface area contributed by atoms with Crippen molar-refractivity contribution in [3.63, 3.8) is 0 Å². The van der Waals surface area contributed by atoms with E-state index in [0.717, 1.165) is 30.6 Å². The minimum atomic E-state index is -0.277. The van der Waals surface area contributed by atoms with Crippen LogP contribution in [0.4, 0.5) is 0 Å². The molecule has 0 aliphatic carbocycles. The van der Waals surface area contributed by atoms with Gasteiger partial charge in [0.15, 0.2) is 0 Å². The summed E-state index contributed by atoms with van der Waals surface area (Å²) in [4.78, 5) is 22.0. The van der Waals surface area contributed by atoms with E-state index in [0.29, 0.717) is 18.0 Å². The molecule has 0 unspecified atom stereocenters. The third-order valence-electron chi connectivity index (χ3n) is 5.73. The maximum Gasteiger partial charge on any atom is 0.259 e. The summed E-state index contributed by atoms with van der Waals surface area (Å²) < 4.78 is 6.33. The zero-order valence-electron chi connectivity index (χ0n) is 18.4. The number of fused-ring (bicyclic) bond motifs is 1. The summed E-state index contributed by atoms with van der Waals surface area (Å²) in [5.41, 5.74) is 2.32. The molecular weight excluding hydrogens is 378 g/mol. The molecule has 1 N–H and O–H groups in total. The number of aliphatic hydroxyl groups is 1. The first-order chi connectivity index (χ1) is 14.4. The van der Waals surface area contributed by atoms with E-state index in [2.05, 4.69) is 30.8 Å². The zero-order chi connectivity index (χ0) is 21.7. The fourth-order valence-electron chi connectivity index (χ4n) is 3.89. The van der Waals surface area contributed by atoms with Crippen molar-refractivity contribution < 1.29 is 14.6 Å². The Morgan fingerprint density at radius 1 is 1.30 bits per heavy atom. The summed E-state index contributed by atoms with van der Waals surface area (Å²) in [6.45, 7) is 8.31. The minimum absolute atomic E-state index is 0.0825. The van der Waals surface area contributed by atoms with Crippen LogP contribution in [0.1, 0.15) is 37.6 Å². The van der Waals surface area contributed by atoms with E-state index in [-0.39, 0.29) is 30.6 Å². The summed E-state index contributed by atoms with van der Waals surface area (Å²) in [5.74, 6) is 0.325. The molecule has 1 aliphatic heterocycles. The number of aliphatic hydroxyl groups excluding tert-OH is 1. The van der Waals surface area contributed by atoms with Crippen LogP contribution in [0.2, 0.25) is 0 Å². The maximum absolute atomic E-state index is 13.4. The van der Waals surface area contributed by atoms with Crippen molar-refractivity contribution in [1.29, 1.82) is 0 Å². The molecule has 2 heterocycles. The normalized spacial score (nSPS) is 20.3. The molecule has 0 radical (unpaired) electrons. The fraction of sp³-hybridized carbons (Fsp3) is 0.500. The topological polar surface area (TPSA) is 65.9 Å². The number of pyridine rings is 1. The molecule has 0 saturated carbocycles. The molecule has 3 rings (SSSR count). The number of hydrogen-bond acceptors (Lipinski definition) is 5. The Labute approximate surface area is 179 Å². The first-order valence-corrected chi connectivity index (χ1v) is 10.8. The lowest BCUT2D eigenvalue weighted by atomic mass is 9.99. The first kappa shape index (κ1) is 22.2. The van der Waals surface area contributed by atoms with Crippen molar-refractivity contribution in [2.45, 2.75) is 39.3 Å². The number of hydrogen-bond donors (Lipinski definition) is 1. The Morgan fingerprint density at radius 2 is 2.03 bits per heavy atom. The molecule has 162 valence electrons. The van der Waals surface area contributed by atoms with Gasteiger partial charge in [-0.05, 0) is 38.6 Å². The number of ether oxygens (including phenoxy) is 1.